The number of ketones is 2. The number of hydrogen-bond donors (Lipinski definition) is 0. The van der Waals surface area contributed by atoms with E-state index in [0.717, 1.165) is 36.3 Å². The lowest BCUT2D eigenvalue weighted by atomic mass is 9.97. The molecule has 3 nitrogen and oxygen atoms in total. The first-order valence-electron chi connectivity index (χ1n) is 7.55. The van der Waals surface area contributed by atoms with E-state index in [1.54, 1.807) is 24.3 Å². The molecule has 3 heteroatoms. The number of Topliss-reactive ketones (excluding diaryl/α,β-unsaturated/α-hetero) is 2. The van der Waals surface area contributed by atoms with E-state index in [1.807, 2.05) is 12.1 Å². The summed E-state index contributed by atoms with van der Waals surface area (Å²) in [5.41, 5.74) is 3.09. The normalized spacial score (nSPS) is 16.0. The molecule has 112 valence electrons. The highest BCUT2D eigenvalue weighted by Crippen LogP contribution is 2.26. The molecule has 3 rings (SSSR count). The zero-order valence-corrected chi connectivity index (χ0v) is 12.4. The number of allylic oxidation sites excluding steroid dienone is 5. The van der Waals surface area contributed by atoms with E-state index in [2.05, 4.69) is 6.58 Å². The smallest absolute Gasteiger partial charge is 0.163 e. The van der Waals surface area contributed by atoms with Gasteiger partial charge in [0.2, 0.25) is 0 Å². The molecule has 1 aromatic carbocycles. The third kappa shape index (κ3) is 2.93. The molecule has 0 atom stereocenters. The maximum absolute atomic E-state index is 12.3. The predicted molar refractivity (Wildman–Crippen MR) is 85.2 cm³/mol. The van der Waals surface area contributed by atoms with Crippen LogP contribution in [0.3, 0.4) is 0 Å². The number of rotatable bonds is 5. The van der Waals surface area contributed by atoms with Crippen LogP contribution in [0.25, 0.3) is 0 Å². The van der Waals surface area contributed by atoms with E-state index in [1.165, 1.54) is 0 Å². The van der Waals surface area contributed by atoms with Crippen molar-refractivity contribution in [1.29, 1.82) is 0 Å². The molecule has 0 saturated heterocycles. The summed E-state index contributed by atoms with van der Waals surface area (Å²) in [6.07, 6.45) is 7.73. The topological polar surface area (TPSA) is 43.4 Å². The van der Waals surface area contributed by atoms with Gasteiger partial charge in [0.25, 0.3) is 0 Å². The van der Waals surface area contributed by atoms with E-state index in [4.69, 9.17) is 4.74 Å². The highest BCUT2D eigenvalue weighted by Gasteiger charge is 2.17. The number of aryl methyl sites for hydroxylation is 1. The monoisotopic (exact) mass is 294 g/mol. The predicted octanol–water partition coefficient (Wildman–Crippen LogP) is 3.60. The van der Waals surface area contributed by atoms with Crippen LogP contribution in [0.1, 0.15) is 35.2 Å². The van der Waals surface area contributed by atoms with E-state index in [-0.39, 0.29) is 24.4 Å². The number of benzene rings is 1. The Labute approximate surface area is 130 Å². The Kier molecular flexibility index (Phi) is 4.05. The van der Waals surface area contributed by atoms with Gasteiger partial charge >= 0.3 is 0 Å². The Morgan fingerprint density at radius 3 is 2.77 bits per heavy atom. The van der Waals surface area contributed by atoms with Gasteiger partial charge in [-0.1, -0.05) is 24.8 Å². The van der Waals surface area contributed by atoms with Crippen molar-refractivity contribution in [2.45, 2.75) is 25.7 Å². The average molecular weight is 294 g/mol. The van der Waals surface area contributed by atoms with Crippen LogP contribution in [-0.2, 0) is 11.2 Å². The molecule has 0 N–H and O–H groups in total. The van der Waals surface area contributed by atoms with Gasteiger partial charge < -0.3 is 4.74 Å². The molecule has 0 aromatic heterocycles. The lowest BCUT2D eigenvalue weighted by molar-refractivity contribution is -0.115. The van der Waals surface area contributed by atoms with Gasteiger partial charge in [0.1, 0.15) is 5.75 Å². The Morgan fingerprint density at radius 1 is 1.18 bits per heavy atom. The van der Waals surface area contributed by atoms with Crippen LogP contribution in [-0.4, -0.2) is 18.2 Å². The second kappa shape index (κ2) is 6.14. The van der Waals surface area contributed by atoms with E-state index in [9.17, 15) is 9.59 Å². The molecule has 1 aliphatic heterocycles. The van der Waals surface area contributed by atoms with Crippen LogP contribution in [0.2, 0.25) is 0 Å². The summed E-state index contributed by atoms with van der Waals surface area (Å²) >= 11 is 0. The third-order valence-electron chi connectivity index (χ3n) is 4.02. The van der Waals surface area contributed by atoms with Crippen molar-refractivity contribution < 1.29 is 14.3 Å². The van der Waals surface area contributed by atoms with Gasteiger partial charge in [0.05, 0.1) is 6.61 Å². The van der Waals surface area contributed by atoms with Crippen LogP contribution in [0.15, 0.2) is 54.2 Å². The molecule has 0 saturated carbocycles. The van der Waals surface area contributed by atoms with Gasteiger partial charge in [-0.05, 0) is 42.2 Å². The molecule has 0 spiro atoms. The van der Waals surface area contributed by atoms with Crippen molar-refractivity contribution in [3.63, 3.8) is 0 Å². The maximum atomic E-state index is 12.3. The molecule has 0 fully saturated rings. The number of carbonyl (C=O) groups excluding carboxylic acids is 2. The standard InChI is InChI=1S/C19H18O3/c1-13-4-2-6-16(13)18(21)9-8-17(20)14-7-10-19-15(12-14)5-3-11-22-19/h2,4,6-7,10,12H,1,3,5,8-9,11H2. The Hall–Kier alpha value is -2.42. The molecule has 0 amide bonds. The van der Waals surface area contributed by atoms with Crippen molar-refractivity contribution in [2.24, 2.45) is 0 Å². The molecule has 0 unspecified atom stereocenters. The molecule has 1 heterocycles. The first kappa shape index (κ1) is 14.5. The van der Waals surface area contributed by atoms with Crippen LogP contribution in [0.4, 0.5) is 0 Å². The van der Waals surface area contributed by atoms with Crippen molar-refractivity contribution in [3.8, 4) is 5.75 Å². The molecule has 0 radical (unpaired) electrons. The minimum absolute atomic E-state index is 0.00103. The molecular formula is C19H18O3. The summed E-state index contributed by atoms with van der Waals surface area (Å²) in [6.45, 7) is 4.55. The number of hydrogen-bond acceptors (Lipinski definition) is 3. The summed E-state index contributed by atoms with van der Waals surface area (Å²) in [5, 5.41) is 0. The van der Waals surface area contributed by atoms with Crippen LogP contribution in [0.5, 0.6) is 5.75 Å². The lowest BCUT2D eigenvalue weighted by Crippen LogP contribution is -2.11. The Bertz CT molecular complexity index is 707. The molecule has 2 aliphatic rings. The first-order valence-corrected chi connectivity index (χ1v) is 7.55. The first-order chi connectivity index (χ1) is 10.6. The van der Waals surface area contributed by atoms with E-state index in [0.29, 0.717) is 11.1 Å². The second-order valence-electron chi connectivity index (χ2n) is 5.59. The summed E-state index contributed by atoms with van der Waals surface area (Å²) in [6, 6.07) is 5.54. The van der Waals surface area contributed by atoms with Crippen molar-refractivity contribution in [3.05, 3.63) is 65.3 Å². The van der Waals surface area contributed by atoms with Gasteiger partial charge in [0.15, 0.2) is 11.6 Å². The quantitative estimate of drug-likeness (QED) is 0.779. The fourth-order valence-electron chi connectivity index (χ4n) is 2.77. The van der Waals surface area contributed by atoms with Gasteiger partial charge in [-0.2, -0.15) is 0 Å². The Balaban J connectivity index is 1.63. The SMILES string of the molecule is C=C1C=CC=C1C(=O)CCC(=O)c1ccc2c(c1)CCCO2. The zero-order chi connectivity index (χ0) is 15.5. The minimum atomic E-state index is -0.0235. The molecule has 1 aromatic rings. The average Bonchev–Trinajstić information content (AvgIpc) is 2.98. The van der Waals surface area contributed by atoms with Crippen LogP contribution < -0.4 is 4.74 Å². The summed E-state index contributed by atoms with van der Waals surface area (Å²) in [7, 11) is 0. The lowest BCUT2D eigenvalue weighted by Gasteiger charge is -2.17. The van der Waals surface area contributed by atoms with Crippen LogP contribution in [0, 0.1) is 0 Å². The number of carbonyl (C=O) groups is 2. The molecule has 0 bridgehead atoms. The Morgan fingerprint density at radius 2 is 2.00 bits per heavy atom. The zero-order valence-electron chi connectivity index (χ0n) is 12.4. The van der Waals surface area contributed by atoms with Gasteiger partial charge in [-0.25, -0.2) is 0 Å². The number of ether oxygens (including phenoxy) is 1. The van der Waals surface area contributed by atoms with Crippen molar-refractivity contribution >= 4 is 11.6 Å². The highest BCUT2D eigenvalue weighted by molar-refractivity contribution is 6.05. The van der Waals surface area contributed by atoms with Gasteiger partial charge in [-0.3, -0.25) is 9.59 Å². The van der Waals surface area contributed by atoms with Crippen LogP contribution >= 0.6 is 0 Å². The van der Waals surface area contributed by atoms with Crippen molar-refractivity contribution in [2.75, 3.05) is 6.61 Å². The molecule has 22 heavy (non-hydrogen) atoms. The minimum Gasteiger partial charge on any atom is -0.493 e. The number of fused-ring (bicyclic) bond motifs is 1. The summed E-state index contributed by atoms with van der Waals surface area (Å²) in [5.74, 6) is 0.848. The molecule has 1 aliphatic carbocycles. The maximum Gasteiger partial charge on any atom is 0.163 e. The van der Waals surface area contributed by atoms with E-state index >= 15 is 0 Å². The highest BCUT2D eigenvalue weighted by atomic mass is 16.5. The fourth-order valence-corrected chi connectivity index (χ4v) is 2.77. The fraction of sp³-hybridized carbons (Fsp3) is 0.263. The molecular weight excluding hydrogens is 276 g/mol. The largest absolute Gasteiger partial charge is 0.493 e. The van der Waals surface area contributed by atoms with Gasteiger partial charge in [0, 0.05) is 24.0 Å². The summed E-state index contributed by atoms with van der Waals surface area (Å²) in [4.78, 5) is 24.4. The van der Waals surface area contributed by atoms with E-state index < -0.39 is 0 Å². The van der Waals surface area contributed by atoms with Gasteiger partial charge in [-0.15, -0.1) is 0 Å². The summed E-state index contributed by atoms with van der Waals surface area (Å²) < 4.78 is 5.55. The second-order valence-corrected chi connectivity index (χ2v) is 5.59. The third-order valence-corrected chi connectivity index (χ3v) is 4.02. The van der Waals surface area contributed by atoms with Crippen molar-refractivity contribution in [1.82, 2.24) is 0 Å².